The Hall–Kier alpha value is -2.89. The van der Waals surface area contributed by atoms with Gasteiger partial charge in [0, 0.05) is 42.8 Å². The monoisotopic (exact) mass is 352 g/mol. The number of allylic oxidation sites excluding steroid dienone is 1. The van der Waals surface area contributed by atoms with Crippen LogP contribution in [0.3, 0.4) is 0 Å². The number of carbonyl (C=O) groups is 1. The average molecular weight is 352 g/mol. The highest BCUT2D eigenvalue weighted by molar-refractivity contribution is 5.87. The molecule has 1 fully saturated rings. The van der Waals surface area contributed by atoms with Crippen molar-refractivity contribution in [1.82, 2.24) is 14.9 Å². The topological polar surface area (TPSA) is 78.1 Å². The molecule has 0 aromatic carbocycles. The Morgan fingerprint density at radius 1 is 1.42 bits per heavy atom. The van der Waals surface area contributed by atoms with E-state index in [2.05, 4.69) is 22.2 Å². The molecule has 136 valence electrons. The molecule has 2 aromatic rings. The van der Waals surface area contributed by atoms with Crippen molar-refractivity contribution in [1.29, 1.82) is 0 Å². The third-order valence-corrected chi connectivity index (χ3v) is 4.58. The summed E-state index contributed by atoms with van der Waals surface area (Å²) in [6, 6.07) is 5.90. The van der Waals surface area contributed by atoms with Gasteiger partial charge in [-0.25, -0.2) is 0 Å². The van der Waals surface area contributed by atoms with Gasteiger partial charge in [-0.2, -0.15) is 0 Å². The van der Waals surface area contributed by atoms with E-state index in [0.29, 0.717) is 18.8 Å². The largest absolute Gasteiger partial charge is 0.376 e. The molecule has 3 heterocycles. The van der Waals surface area contributed by atoms with Crippen LogP contribution in [0.15, 0.2) is 47.5 Å². The number of hydrogen-bond acceptors (Lipinski definition) is 4. The van der Waals surface area contributed by atoms with Crippen molar-refractivity contribution in [3.8, 4) is 11.1 Å². The summed E-state index contributed by atoms with van der Waals surface area (Å²) in [5, 5.41) is 3.30. The van der Waals surface area contributed by atoms with Crippen LogP contribution in [0.4, 0.5) is 5.69 Å². The first-order valence-corrected chi connectivity index (χ1v) is 8.97. The van der Waals surface area contributed by atoms with Crippen LogP contribution >= 0.6 is 0 Å². The number of likely N-dealkylation sites (tertiary alicyclic amines) is 1. The molecule has 0 unspecified atom stereocenters. The van der Waals surface area contributed by atoms with Crippen LogP contribution in [0.5, 0.6) is 0 Å². The van der Waals surface area contributed by atoms with Crippen LogP contribution in [0.1, 0.15) is 26.0 Å². The highest BCUT2D eigenvalue weighted by Gasteiger charge is 2.25. The summed E-state index contributed by atoms with van der Waals surface area (Å²) in [6.45, 7) is 5.19. The van der Waals surface area contributed by atoms with Crippen LogP contribution in [0.2, 0.25) is 0 Å². The Labute approximate surface area is 153 Å². The molecule has 0 saturated carbocycles. The van der Waals surface area contributed by atoms with E-state index in [1.807, 2.05) is 25.1 Å². The Morgan fingerprint density at radius 2 is 2.27 bits per heavy atom. The first-order valence-electron chi connectivity index (χ1n) is 8.97. The smallest absolute Gasteiger partial charge is 0.271 e. The van der Waals surface area contributed by atoms with E-state index in [0.717, 1.165) is 29.7 Å². The number of nitrogens with one attached hydrogen (secondary N) is 2. The van der Waals surface area contributed by atoms with Gasteiger partial charge in [0.25, 0.3) is 5.56 Å². The molecule has 0 bridgehead atoms. The first-order chi connectivity index (χ1) is 12.6. The Morgan fingerprint density at radius 3 is 3.04 bits per heavy atom. The number of carbonyl (C=O) groups excluding carboxylic acids is 1. The van der Waals surface area contributed by atoms with Crippen LogP contribution < -0.4 is 10.9 Å². The second kappa shape index (κ2) is 7.99. The van der Waals surface area contributed by atoms with Gasteiger partial charge in [0.2, 0.25) is 5.91 Å². The molecule has 2 N–H and O–H groups in total. The molecule has 1 aliphatic rings. The fourth-order valence-electron chi connectivity index (χ4n) is 3.15. The summed E-state index contributed by atoms with van der Waals surface area (Å²) in [5.74, 6) is 0.0170. The predicted octanol–water partition coefficient (Wildman–Crippen LogP) is 2.59. The number of anilines is 1. The molecule has 1 saturated heterocycles. The number of nitrogens with zero attached hydrogens (tertiary/aromatic N) is 2. The molecule has 26 heavy (non-hydrogen) atoms. The van der Waals surface area contributed by atoms with E-state index in [4.69, 9.17) is 0 Å². The van der Waals surface area contributed by atoms with E-state index >= 15 is 0 Å². The summed E-state index contributed by atoms with van der Waals surface area (Å²) in [5.41, 5.74) is 3.34. The van der Waals surface area contributed by atoms with Crippen molar-refractivity contribution >= 4 is 11.6 Å². The van der Waals surface area contributed by atoms with Crippen LogP contribution in [-0.4, -0.2) is 39.9 Å². The maximum atomic E-state index is 12.2. The lowest BCUT2D eigenvalue weighted by Gasteiger charge is -2.16. The van der Waals surface area contributed by atoms with Gasteiger partial charge >= 0.3 is 0 Å². The highest BCUT2D eigenvalue weighted by atomic mass is 16.2. The van der Waals surface area contributed by atoms with E-state index in [-0.39, 0.29) is 17.5 Å². The molecule has 0 spiro atoms. The van der Waals surface area contributed by atoms with Gasteiger partial charge in [-0.15, -0.1) is 0 Å². The van der Waals surface area contributed by atoms with Crippen molar-refractivity contribution in [2.45, 2.75) is 32.7 Å². The fourth-order valence-corrected chi connectivity index (χ4v) is 3.15. The number of hydrogen-bond donors (Lipinski definition) is 2. The second-order valence-electron chi connectivity index (χ2n) is 6.43. The zero-order chi connectivity index (χ0) is 18.5. The van der Waals surface area contributed by atoms with Crippen molar-refractivity contribution in [2.75, 3.05) is 18.4 Å². The van der Waals surface area contributed by atoms with Gasteiger partial charge in [0.15, 0.2) is 0 Å². The quantitative estimate of drug-likeness (QED) is 0.811. The first kappa shape index (κ1) is 17.9. The van der Waals surface area contributed by atoms with E-state index < -0.39 is 0 Å². The van der Waals surface area contributed by atoms with Crippen LogP contribution in [-0.2, 0) is 11.2 Å². The number of amides is 1. The zero-order valence-corrected chi connectivity index (χ0v) is 15.2. The maximum absolute atomic E-state index is 12.2. The fraction of sp³-hybridized carbons (Fsp3) is 0.350. The van der Waals surface area contributed by atoms with Gasteiger partial charge in [-0.05, 0) is 49.6 Å². The second-order valence-corrected chi connectivity index (χ2v) is 6.43. The lowest BCUT2D eigenvalue weighted by atomic mass is 10.1. The molecule has 2 aromatic heterocycles. The summed E-state index contributed by atoms with van der Waals surface area (Å²) in [4.78, 5) is 33.1. The summed E-state index contributed by atoms with van der Waals surface area (Å²) < 4.78 is 0. The molecule has 3 rings (SSSR count). The molecule has 1 amide bonds. The van der Waals surface area contributed by atoms with E-state index in [1.165, 1.54) is 0 Å². The molecule has 0 aliphatic carbocycles. The Balaban J connectivity index is 1.77. The van der Waals surface area contributed by atoms with Gasteiger partial charge in [0.05, 0.1) is 0 Å². The van der Waals surface area contributed by atoms with E-state index in [1.54, 1.807) is 29.4 Å². The summed E-state index contributed by atoms with van der Waals surface area (Å²) in [6.07, 6.45) is 8.51. The summed E-state index contributed by atoms with van der Waals surface area (Å²) in [7, 11) is 0. The number of rotatable bonds is 5. The average Bonchev–Trinajstić information content (AvgIpc) is 3.12. The summed E-state index contributed by atoms with van der Waals surface area (Å²) >= 11 is 0. The minimum Gasteiger partial charge on any atom is -0.376 e. The molecule has 6 heteroatoms. The molecule has 1 aliphatic heterocycles. The molecule has 1 atom stereocenters. The standard InChI is InChI=1S/C20H24N4O2/c1-3-5-19(25)24-9-7-17(13-24)23-18-11-15(12-22-20(18)26)14-6-8-21-16(4-2)10-14/h3,5-6,8,10-12,17,23H,4,7,9,13H2,1-2H3,(H,22,26)/b5-3+/t17-/m1/s1. The Bertz CT molecular complexity index is 872. The van der Waals surface area contributed by atoms with Gasteiger partial charge < -0.3 is 15.2 Å². The number of pyridine rings is 2. The SMILES string of the molecule is C/C=C/C(=O)N1CC[C@@H](Nc2cc(-c3ccnc(CC)c3)c[nH]c2=O)C1. The predicted molar refractivity (Wildman–Crippen MR) is 103 cm³/mol. The van der Waals surface area contributed by atoms with E-state index in [9.17, 15) is 9.59 Å². The van der Waals surface area contributed by atoms with Gasteiger partial charge in [-0.3, -0.25) is 14.6 Å². The normalized spacial score (nSPS) is 17.0. The molecular weight excluding hydrogens is 328 g/mol. The number of aromatic amines is 1. The van der Waals surface area contributed by atoms with Crippen LogP contribution in [0.25, 0.3) is 11.1 Å². The zero-order valence-electron chi connectivity index (χ0n) is 15.2. The van der Waals surface area contributed by atoms with Crippen LogP contribution in [0, 0.1) is 0 Å². The molecule has 0 radical (unpaired) electrons. The molecule has 6 nitrogen and oxygen atoms in total. The number of aromatic nitrogens is 2. The van der Waals surface area contributed by atoms with Crippen molar-refractivity contribution in [3.63, 3.8) is 0 Å². The van der Waals surface area contributed by atoms with Gasteiger partial charge in [-0.1, -0.05) is 13.0 Å². The minimum atomic E-state index is -0.156. The Kier molecular flexibility index (Phi) is 5.51. The lowest BCUT2D eigenvalue weighted by molar-refractivity contribution is -0.125. The lowest BCUT2D eigenvalue weighted by Crippen LogP contribution is -2.31. The minimum absolute atomic E-state index is 0.0170. The van der Waals surface area contributed by atoms with Gasteiger partial charge in [0.1, 0.15) is 5.69 Å². The molecular formula is C20H24N4O2. The number of H-pyrrole nitrogens is 1. The maximum Gasteiger partial charge on any atom is 0.271 e. The van der Waals surface area contributed by atoms with Crippen molar-refractivity contribution in [2.24, 2.45) is 0 Å². The third kappa shape index (κ3) is 4.02. The third-order valence-electron chi connectivity index (χ3n) is 4.58. The van der Waals surface area contributed by atoms with Crippen molar-refractivity contribution < 1.29 is 4.79 Å². The van der Waals surface area contributed by atoms with Crippen molar-refractivity contribution in [3.05, 3.63) is 58.8 Å². The highest BCUT2D eigenvalue weighted by Crippen LogP contribution is 2.22. The number of aryl methyl sites for hydroxylation is 1.